The van der Waals surface area contributed by atoms with Gasteiger partial charge < -0.3 is 33.4 Å². The van der Waals surface area contributed by atoms with Gasteiger partial charge in [-0.05, 0) is 53.4 Å². The number of hydrogen-bond acceptors (Lipinski definition) is 7. The van der Waals surface area contributed by atoms with Gasteiger partial charge in [-0.2, -0.15) is 0 Å². The van der Waals surface area contributed by atoms with Gasteiger partial charge in [-0.3, -0.25) is 4.52 Å². The molecule has 25 heavy (non-hydrogen) atoms. The van der Waals surface area contributed by atoms with Gasteiger partial charge in [-0.25, -0.2) is 4.57 Å². The maximum absolute atomic E-state index is 10.8. The Kier molecular flexibility index (Phi) is 17.1. The smallest absolute Gasteiger partial charge is 0.790 e. The van der Waals surface area contributed by atoms with Gasteiger partial charge in [-0.1, -0.05) is 0 Å². The van der Waals surface area contributed by atoms with E-state index in [4.69, 9.17) is 14.5 Å². The zero-order valence-corrected chi connectivity index (χ0v) is 21.7. The first-order valence-electron chi connectivity index (χ1n) is 7.19. The summed E-state index contributed by atoms with van der Waals surface area (Å²) in [6.45, 7) is 6.91. The Labute approximate surface area is 193 Å². The van der Waals surface area contributed by atoms with E-state index >= 15 is 0 Å². The Bertz CT molecular complexity index is 408. The molecule has 0 aromatic heterocycles. The van der Waals surface area contributed by atoms with Gasteiger partial charge in [0, 0.05) is 13.2 Å². The molecular formula is C12H26Na2O9P2. The molecule has 0 aliphatic rings. The molecule has 2 N–H and O–H groups in total. The van der Waals surface area contributed by atoms with E-state index in [0.717, 1.165) is 0 Å². The quantitative estimate of drug-likeness (QED) is 0.179. The summed E-state index contributed by atoms with van der Waals surface area (Å²) in [5, 5.41) is 0. The van der Waals surface area contributed by atoms with Crippen molar-refractivity contribution in [2.75, 3.05) is 13.2 Å². The van der Waals surface area contributed by atoms with Crippen LogP contribution in [0.3, 0.4) is 0 Å². The average molecular weight is 422 g/mol. The van der Waals surface area contributed by atoms with Crippen LogP contribution < -0.4 is 68.9 Å². The molecule has 13 heteroatoms. The fraction of sp³-hybridized carbons (Fsp3) is 1.00. The Morgan fingerprint density at radius 1 is 0.840 bits per heavy atom. The predicted molar refractivity (Wildman–Crippen MR) is 79.3 cm³/mol. The van der Waals surface area contributed by atoms with Crippen molar-refractivity contribution in [3.05, 3.63) is 0 Å². The number of rotatable bonds is 12. The molecule has 0 unspecified atom stereocenters. The topological polar surface area (TPSA) is 148 Å². The van der Waals surface area contributed by atoms with Crippen LogP contribution in [0, 0.1) is 0 Å². The first kappa shape index (κ1) is 31.9. The standard InChI is InChI=1S/C12H28O9P2.2Na/c1-11(2,20-22(13,14)15)7-5-9-19-10-6-8-12(3,4)21-23(16,17)18;;/h5-10H2,1-4H3,(H2,13,14,15)(H2,16,17,18);;/q;2*+1/p-2. The second kappa shape index (κ2) is 13.4. The molecule has 0 spiro atoms. The van der Waals surface area contributed by atoms with Crippen molar-refractivity contribution in [1.29, 1.82) is 0 Å². The molecule has 0 saturated heterocycles. The fourth-order valence-electron chi connectivity index (χ4n) is 2.02. The van der Waals surface area contributed by atoms with E-state index in [1.807, 2.05) is 0 Å². The number of hydrogen-bond donors (Lipinski definition) is 2. The van der Waals surface area contributed by atoms with Crippen molar-refractivity contribution in [2.45, 2.75) is 64.6 Å². The van der Waals surface area contributed by atoms with Gasteiger partial charge >= 0.3 is 66.9 Å². The Hall–Kier alpha value is 2.18. The third-order valence-corrected chi connectivity index (χ3v) is 4.31. The Morgan fingerprint density at radius 3 is 1.52 bits per heavy atom. The predicted octanol–water partition coefficient (Wildman–Crippen LogP) is -4.92. The molecule has 0 aromatic carbocycles. The van der Waals surface area contributed by atoms with Crippen molar-refractivity contribution in [3.8, 4) is 0 Å². The SMILES string of the molecule is CC(C)(CCCOCCCC(C)(C)OP(=O)(O)O)OP(=O)([O-])[O-].[Na+].[Na+]. The van der Waals surface area contributed by atoms with Gasteiger partial charge in [0.25, 0.3) is 0 Å². The van der Waals surface area contributed by atoms with Crippen LogP contribution in [0.1, 0.15) is 53.4 Å². The molecule has 0 fully saturated rings. The van der Waals surface area contributed by atoms with Crippen LogP contribution in [-0.4, -0.2) is 34.2 Å². The van der Waals surface area contributed by atoms with Gasteiger partial charge in [0.1, 0.15) is 0 Å². The van der Waals surface area contributed by atoms with Crippen LogP contribution in [0.5, 0.6) is 0 Å². The van der Waals surface area contributed by atoms with Crippen LogP contribution in [0.4, 0.5) is 0 Å². The van der Waals surface area contributed by atoms with Crippen molar-refractivity contribution in [1.82, 2.24) is 0 Å². The molecule has 0 atom stereocenters. The van der Waals surface area contributed by atoms with Crippen LogP contribution in [0.25, 0.3) is 0 Å². The average Bonchev–Trinajstić information content (AvgIpc) is 2.20. The van der Waals surface area contributed by atoms with Gasteiger partial charge in [0.05, 0.1) is 19.0 Å². The van der Waals surface area contributed by atoms with Crippen molar-refractivity contribution in [3.63, 3.8) is 0 Å². The third-order valence-electron chi connectivity index (χ3n) is 2.86. The van der Waals surface area contributed by atoms with Gasteiger partial charge in [0.15, 0.2) is 0 Å². The summed E-state index contributed by atoms with van der Waals surface area (Å²) in [4.78, 5) is 38.7. The van der Waals surface area contributed by atoms with E-state index in [1.54, 1.807) is 13.8 Å². The summed E-state index contributed by atoms with van der Waals surface area (Å²) >= 11 is 0. The second-order valence-electron chi connectivity index (χ2n) is 6.46. The fourth-order valence-corrected chi connectivity index (χ4v) is 3.45. The first-order valence-corrected chi connectivity index (χ1v) is 10.2. The number of phosphoric ester groups is 2. The molecule has 0 aliphatic heterocycles. The molecule has 140 valence electrons. The molecule has 0 heterocycles. The summed E-state index contributed by atoms with van der Waals surface area (Å²) in [5.41, 5.74) is -2.02. The van der Waals surface area contributed by atoms with Gasteiger partial charge in [-0.15, -0.1) is 0 Å². The molecule has 0 rings (SSSR count). The van der Waals surface area contributed by atoms with Crippen molar-refractivity contribution in [2.24, 2.45) is 0 Å². The van der Waals surface area contributed by atoms with Crippen LogP contribution >= 0.6 is 15.6 Å². The van der Waals surface area contributed by atoms with E-state index in [-0.39, 0.29) is 59.1 Å². The summed E-state index contributed by atoms with van der Waals surface area (Å²) in [6.07, 6.45) is 1.80. The molecule has 0 amide bonds. The van der Waals surface area contributed by atoms with Crippen LogP contribution in [0.15, 0.2) is 0 Å². The van der Waals surface area contributed by atoms with Crippen molar-refractivity contribution < 1.29 is 102 Å². The van der Waals surface area contributed by atoms with E-state index < -0.39 is 26.8 Å². The normalized spacial score (nSPS) is 13.1. The minimum absolute atomic E-state index is 0. The van der Waals surface area contributed by atoms with Crippen LogP contribution in [0.2, 0.25) is 0 Å². The molecule has 0 aromatic rings. The maximum Gasteiger partial charge on any atom is 1.00 e. The molecule has 0 radical (unpaired) electrons. The maximum atomic E-state index is 10.8. The monoisotopic (exact) mass is 422 g/mol. The number of ether oxygens (including phenoxy) is 1. The molecule has 0 bridgehead atoms. The summed E-state index contributed by atoms with van der Waals surface area (Å²) in [5.74, 6) is 0. The minimum atomic E-state index is -5.01. The van der Waals surface area contributed by atoms with Crippen LogP contribution in [-0.2, 0) is 22.9 Å². The Morgan fingerprint density at radius 2 is 1.20 bits per heavy atom. The minimum Gasteiger partial charge on any atom is -0.790 e. The third kappa shape index (κ3) is 22.3. The zero-order chi connectivity index (χ0) is 18.4. The summed E-state index contributed by atoms with van der Waals surface area (Å²) in [6, 6.07) is 0. The molecule has 9 nitrogen and oxygen atoms in total. The van der Waals surface area contributed by atoms with Gasteiger partial charge in [0.2, 0.25) is 0 Å². The summed E-state index contributed by atoms with van der Waals surface area (Å²) in [7, 11) is -9.53. The first-order chi connectivity index (χ1) is 10.1. The molecule has 0 saturated carbocycles. The van der Waals surface area contributed by atoms with E-state index in [0.29, 0.717) is 38.9 Å². The summed E-state index contributed by atoms with van der Waals surface area (Å²) < 4.78 is 35.8. The Balaban J connectivity index is -0.00000242. The molecular weight excluding hydrogens is 396 g/mol. The van der Waals surface area contributed by atoms with E-state index in [2.05, 4.69) is 9.05 Å². The van der Waals surface area contributed by atoms with E-state index in [9.17, 15) is 18.9 Å². The number of phosphoric acid groups is 2. The zero-order valence-electron chi connectivity index (χ0n) is 15.9. The largest absolute Gasteiger partial charge is 1.00 e. The van der Waals surface area contributed by atoms with E-state index in [1.165, 1.54) is 13.8 Å². The molecule has 0 aliphatic carbocycles. The second-order valence-corrected chi connectivity index (χ2v) is 8.70. The van der Waals surface area contributed by atoms with Crippen molar-refractivity contribution >= 4 is 15.6 Å².